The third-order valence-corrected chi connectivity index (χ3v) is 13.6. The first-order valence-corrected chi connectivity index (χ1v) is 22.2. The third-order valence-electron chi connectivity index (χ3n) is 11.0. The van der Waals surface area contributed by atoms with Crippen molar-refractivity contribution in [2.75, 3.05) is 5.73 Å². The Morgan fingerprint density at radius 3 is 1.56 bits per heavy atom. The maximum Gasteiger partial charge on any atom is 0.166 e. The number of hydrogen-bond acceptors (Lipinski definition) is 8. The predicted molar refractivity (Wildman–Crippen MR) is 258 cm³/mol. The van der Waals surface area contributed by atoms with Gasteiger partial charge in [0.1, 0.15) is 0 Å². The Balaban J connectivity index is 1.14. The first kappa shape index (κ1) is 38.3. The monoisotopic (exact) mass is 844 g/mol. The molecule has 0 amide bonds. The van der Waals surface area contributed by atoms with E-state index in [1.54, 1.807) is 23.5 Å². The van der Waals surface area contributed by atoms with Gasteiger partial charge in [0.2, 0.25) is 0 Å². The van der Waals surface area contributed by atoms with Gasteiger partial charge in [-0.1, -0.05) is 181 Å². The van der Waals surface area contributed by atoms with E-state index >= 15 is 0 Å². The van der Waals surface area contributed by atoms with Crippen LogP contribution in [0, 0.1) is 0 Å². The number of nitrogens with zero attached hydrogens (tertiary/aromatic N) is 5. The van der Waals surface area contributed by atoms with Crippen molar-refractivity contribution < 1.29 is 0 Å². The molecule has 0 aliphatic carbocycles. The smallest absolute Gasteiger partial charge is 0.166 e. The van der Waals surface area contributed by atoms with Crippen molar-refractivity contribution in [3.05, 3.63) is 206 Å². The van der Waals surface area contributed by atoms with Gasteiger partial charge < -0.3 is 5.73 Å². The summed E-state index contributed by atoms with van der Waals surface area (Å²) < 4.78 is 0. The molecule has 0 bridgehead atoms. The van der Waals surface area contributed by atoms with Gasteiger partial charge in [0, 0.05) is 58.7 Å². The molecule has 1 aliphatic heterocycles. The van der Waals surface area contributed by atoms with Gasteiger partial charge in [0.05, 0.1) is 11.4 Å². The normalized spacial score (nSPS) is 11.7. The second-order valence-corrected chi connectivity index (χ2v) is 17.2. The number of hydrogen-bond donors (Lipinski definition) is 1. The van der Waals surface area contributed by atoms with Crippen molar-refractivity contribution in [1.82, 2.24) is 24.9 Å². The van der Waals surface area contributed by atoms with Crippen molar-refractivity contribution in [3.63, 3.8) is 0 Å². The molecule has 6 nitrogen and oxygen atoms in total. The van der Waals surface area contributed by atoms with Crippen LogP contribution in [-0.4, -0.2) is 24.9 Å². The van der Waals surface area contributed by atoms with Gasteiger partial charge in [0.15, 0.2) is 23.3 Å². The zero-order chi connectivity index (χ0) is 42.1. The van der Waals surface area contributed by atoms with Crippen LogP contribution in [0.1, 0.15) is 0 Å². The van der Waals surface area contributed by atoms with Crippen LogP contribution < -0.4 is 5.73 Å². The average Bonchev–Trinajstić information content (AvgIpc) is 3.36. The summed E-state index contributed by atoms with van der Waals surface area (Å²) in [5.74, 6) is 2.14. The van der Waals surface area contributed by atoms with Crippen LogP contribution >= 0.6 is 23.5 Å². The zero-order valence-corrected chi connectivity index (χ0v) is 35.4. The van der Waals surface area contributed by atoms with Gasteiger partial charge in [0.25, 0.3) is 0 Å². The average molecular weight is 845 g/mol. The Morgan fingerprint density at radius 2 is 0.810 bits per heavy atom. The molecule has 0 spiro atoms. The fourth-order valence-electron chi connectivity index (χ4n) is 7.87. The summed E-state index contributed by atoms with van der Waals surface area (Å²) in [4.78, 5) is 31.0. The number of fused-ring (bicyclic) bond motifs is 2. The van der Waals surface area contributed by atoms with Crippen molar-refractivity contribution in [2.45, 2.75) is 19.6 Å². The minimum absolute atomic E-state index is 0.491. The number of aromatic nitrogens is 5. The summed E-state index contributed by atoms with van der Waals surface area (Å²) in [6.45, 7) is 0. The highest BCUT2D eigenvalue weighted by Gasteiger charge is 2.24. The topological polar surface area (TPSA) is 90.5 Å². The van der Waals surface area contributed by atoms with Gasteiger partial charge in [-0.2, -0.15) is 0 Å². The van der Waals surface area contributed by atoms with E-state index in [0.29, 0.717) is 29.0 Å². The van der Waals surface area contributed by atoms with Gasteiger partial charge >= 0.3 is 0 Å². The van der Waals surface area contributed by atoms with Crippen molar-refractivity contribution in [2.24, 2.45) is 0 Å². The largest absolute Gasteiger partial charge is 0.398 e. The van der Waals surface area contributed by atoms with E-state index in [9.17, 15) is 0 Å². The second-order valence-electron chi connectivity index (χ2n) is 15.1. The lowest BCUT2D eigenvalue weighted by Crippen LogP contribution is -2.03. The van der Waals surface area contributed by atoms with Crippen LogP contribution in [-0.2, 0) is 0 Å². The molecule has 0 saturated carbocycles. The van der Waals surface area contributed by atoms with Crippen LogP contribution in [0.2, 0.25) is 0 Å². The molecule has 298 valence electrons. The molecule has 0 unspecified atom stereocenters. The molecule has 0 saturated heterocycles. The Hall–Kier alpha value is -7.65. The molecular weight excluding hydrogens is 809 g/mol. The van der Waals surface area contributed by atoms with E-state index in [4.69, 9.17) is 30.7 Å². The minimum atomic E-state index is 0.491. The maximum atomic E-state index is 6.61. The summed E-state index contributed by atoms with van der Waals surface area (Å²) in [5, 5.41) is 0. The van der Waals surface area contributed by atoms with Crippen LogP contribution in [0.3, 0.4) is 0 Å². The Bertz CT molecular complexity index is 3310. The fourth-order valence-corrected chi connectivity index (χ4v) is 10.3. The van der Waals surface area contributed by atoms with Crippen LogP contribution in [0.15, 0.2) is 226 Å². The van der Waals surface area contributed by atoms with E-state index in [1.807, 2.05) is 78.9 Å². The van der Waals surface area contributed by atoms with E-state index in [0.717, 1.165) is 67.0 Å². The van der Waals surface area contributed by atoms with Crippen molar-refractivity contribution >= 4 is 29.2 Å². The molecule has 0 radical (unpaired) electrons. The molecule has 0 atom stereocenters. The van der Waals surface area contributed by atoms with Crippen LogP contribution in [0.25, 0.3) is 90.3 Å². The molecule has 10 aromatic rings. The number of benzene rings is 8. The molecule has 8 aromatic carbocycles. The molecule has 1 aliphatic rings. The molecule has 0 fully saturated rings. The van der Waals surface area contributed by atoms with Crippen LogP contribution in [0.4, 0.5) is 5.69 Å². The molecule has 11 rings (SSSR count). The summed E-state index contributed by atoms with van der Waals surface area (Å²) in [6, 6.07) is 70.6. The number of anilines is 1. The van der Waals surface area contributed by atoms with Crippen molar-refractivity contribution in [3.8, 4) is 90.3 Å². The van der Waals surface area contributed by atoms with E-state index < -0.39 is 0 Å². The number of para-hydroxylation sites is 1. The van der Waals surface area contributed by atoms with Gasteiger partial charge in [-0.15, -0.1) is 0 Å². The number of rotatable bonds is 8. The molecule has 2 N–H and O–H groups in total. The van der Waals surface area contributed by atoms with Gasteiger partial charge in [-0.05, 0) is 70.8 Å². The zero-order valence-electron chi connectivity index (χ0n) is 33.8. The molecule has 8 heteroatoms. The summed E-state index contributed by atoms with van der Waals surface area (Å²) >= 11 is 3.59. The third kappa shape index (κ3) is 7.67. The lowest BCUT2D eigenvalue weighted by Gasteiger charge is -2.22. The summed E-state index contributed by atoms with van der Waals surface area (Å²) in [6.07, 6.45) is 0. The van der Waals surface area contributed by atoms with Crippen molar-refractivity contribution in [1.29, 1.82) is 0 Å². The Morgan fingerprint density at radius 1 is 0.286 bits per heavy atom. The number of nitrogen functional groups attached to an aromatic ring is 1. The van der Waals surface area contributed by atoms with Crippen LogP contribution in [0.5, 0.6) is 0 Å². The van der Waals surface area contributed by atoms with Gasteiger partial charge in [-0.3, -0.25) is 0 Å². The maximum absolute atomic E-state index is 6.61. The predicted octanol–water partition coefficient (Wildman–Crippen LogP) is 14.2. The van der Waals surface area contributed by atoms with E-state index in [-0.39, 0.29) is 0 Å². The molecular formula is C55H36N6S2. The first-order valence-electron chi connectivity index (χ1n) is 20.6. The highest BCUT2D eigenvalue weighted by molar-refractivity contribution is 8.05. The SMILES string of the molecule is Nc1ccccc1-c1nc(-c2ccccc2)nc(-c2cc(-c3nc(-c4ccccc4)cc(-c4cccc(-c5ccccc5)c4)n3)ccc2-c2cccc3c2Sc2ccccc2S3)n1. The first-order chi connectivity index (χ1) is 31.1. The molecule has 3 heterocycles. The highest BCUT2D eigenvalue weighted by atomic mass is 32.2. The lowest BCUT2D eigenvalue weighted by atomic mass is 9.96. The summed E-state index contributed by atoms with van der Waals surface area (Å²) in [5.41, 5.74) is 18.4. The summed E-state index contributed by atoms with van der Waals surface area (Å²) in [7, 11) is 0. The Labute approximate surface area is 374 Å². The highest BCUT2D eigenvalue weighted by Crippen LogP contribution is 2.52. The molecule has 2 aromatic heterocycles. The quantitative estimate of drug-likeness (QED) is 0.151. The second kappa shape index (κ2) is 16.7. The standard InChI is InChI=1S/C55H36N6S2/c56-45-26-11-10-24-43(45)54-59-52(37-20-8-3-9-21-37)60-55(61-54)44-33-40(30-31-41(44)42-25-15-29-50-51(42)63-49-28-13-12-27-48(49)62-50)53-57-46(36-18-6-2-7-19-36)34-47(58-53)39-23-14-22-38(32-39)35-16-4-1-5-17-35/h1-34H,56H2. The lowest BCUT2D eigenvalue weighted by molar-refractivity contribution is 1.07. The Kier molecular flexibility index (Phi) is 10.1. The fraction of sp³-hybridized carbons (Fsp3) is 0. The minimum Gasteiger partial charge on any atom is -0.398 e. The number of nitrogens with two attached hydrogens (primary N) is 1. The molecule has 63 heavy (non-hydrogen) atoms. The van der Waals surface area contributed by atoms with Gasteiger partial charge in [-0.25, -0.2) is 24.9 Å². The van der Waals surface area contributed by atoms with E-state index in [1.165, 1.54) is 19.6 Å². The van der Waals surface area contributed by atoms with E-state index in [2.05, 4.69) is 127 Å².